The van der Waals surface area contributed by atoms with Crippen molar-refractivity contribution < 1.29 is 9.18 Å². The topological polar surface area (TPSA) is 105 Å². The Balaban J connectivity index is 1.69. The lowest BCUT2D eigenvalue weighted by Gasteiger charge is -2.13. The second kappa shape index (κ2) is 7.95. The summed E-state index contributed by atoms with van der Waals surface area (Å²) in [6.45, 7) is 0. The molecule has 5 N–H and O–H groups in total. The summed E-state index contributed by atoms with van der Waals surface area (Å²) in [5.41, 5.74) is 12.5. The van der Waals surface area contributed by atoms with Gasteiger partial charge < -0.3 is 11.1 Å². The van der Waals surface area contributed by atoms with E-state index in [1.807, 2.05) is 24.3 Å². The van der Waals surface area contributed by atoms with Crippen molar-refractivity contribution in [2.24, 2.45) is 0 Å². The van der Waals surface area contributed by atoms with E-state index < -0.39 is 11.7 Å². The largest absolute Gasteiger partial charge is 0.393 e. The van der Waals surface area contributed by atoms with Crippen LogP contribution in [0.1, 0.15) is 10.4 Å². The Labute approximate surface area is 162 Å². The molecule has 26 heavy (non-hydrogen) atoms. The Kier molecular flexibility index (Phi) is 5.46. The molecule has 0 saturated heterocycles. The molecule has 2 aromatic carbocycles. The average Bonchev–Trinajstić information content (AvgIpc) is 2.64. The fourth-order valence-electron chi connectivity index (χ4n) is 2.05. The molecule has 0 atom stereocenters. The Hall–Kier alpha value is -2.95. The van der Waals surface area contributed by atoms with E-state index in [0.29, 0.717) is 11.4 Å². The van der Waals surface area contributed by atoms with Crippen molar-refractivity contribution in [2.45, 2.75) is 0 Å². The number of carbonyl (C=O) groups excluding carboxylic acids is 1. The molecule has 0 aliphatic heterocycles. The van der Waals surface area contributed by atoms with E-state index in [1.54, 1.807) is 0 Å². The van der Waals surface area contributed by atoms with E-state index in [9.17, 15) is 9.18 Å². The van der Waals surface area contributed by atoms with Crippen LogP contribution in [0.4, 0.5) is 27.4 Å². The van der Waals surface area contributed by atoms with Crippen LogP contribution in [-0.2, 0) is 0 Å². The summed E-state index contributed by atoms with van der Waals surface area (Å²) in [6, 6.07) is 12.8. The molecule has 3 aromatic rings. The summed E-state index contributed by atoms with van der Waals surface area (Å²) in [5, 5.41) is 3.09. The van der Waals surface area contributed by atoms with Gasteiger partial charge in [-0.2, -0.15) is 0 Å². The van der Waals surface area contributed by atoms with Crippen molar-refractivity contribution in [3.8, 4) is 0 Å². The second-order valence-electron chi connectivity index (χ2n) is 5.20. The number of hydrogen-bond acceptors (Lipinski definition) is 6. The molecular weight excluding hydrogens is 450 g/mol. The van der Waals surface area contributed by atoms with Crippen LogP contribution < -0.4 is 21.9 Å². The van der Waals surface area contributed by atoms with Crippen LogP contribution >= 0.6 is 22.6 Å². The number of benzene rings is 2. The molecule has 0 unspecified atom stereocenters. The number of nitrogens with zero attached hydrogens (tertiary/aromatic N) is 2. The van der Waals surface area contributed by atoms with Crippen molar-refractivity contribution in [1.82, 2.24) is 15.4 Å². The number of carbonyl (C=O) groups is 1. The van der Waals surface area contributed by atoms with Gasteiger partial charge in [-0.25, -0.2) is 14.4 Å². The Morgan fingerprint density at radius 1 is 1.00 bits per heavy atom. The number of hydrogen-bond donors (Lipinski definition) is 4. The number of nitrogens with one attached hydrogen (secondary N) is 3. The van der Waals surface area contributed by atoms with Crippen LogP contribution in [0.2, 0.25) is 0 Å². The maximum Gasteiger partial charge on any atom is 0.269 e. The third-order valence-corrected chi connectivity index (χ3v) is 4.11. The molecule has 0 aliphatic rings. The maximum atomic E-state index is 12.9. The minimum absolute atomic E-state index is 0.239. The summed E-state index contributed by atoms with van der Waals surface area (Å²) in [4.78, 5) is 20.2. The molecule has 1 heterocycles. The predicted molar refractivity (Wildman–Crippen MR) is 106 cm³/mol. The lowest BCUT2D eigenvalue weighted by atomic mass is 10.2. The number of nitrogens with two attached hydrogens (primary N) is 1. The van der Waals surface area contributed by atoms with Crippen molar-refractivity contribution >= 4 is 51.5 Å². The van der Waals surface area contributed by atoms with E-state index in [0.717, 1.165) is 9.26 Å². The third kappa shape index (κ3) is 4.36. The van der Waals surface area contributed by atoms with Crippen LogP contribution in [0.15, 0.2) is 54.9 Å². The SMILES string of the molecule is Nc1c(NNC(=O)c2ccc(F)cc2)ncnc1Nc1ccc(I)cc1. The molecule has 0 fully saturated rings. The van der Waals surface area contributed by atoms with Crippen LogP contribution in [0, 0.1) is 9.39 Å². The number of amides is 1. The molecular formula is C17H14FIN6O. The quantitative estimate of drug-likeness (QED) is 0.341. The van der Waals surface area contributed by atoms with Crippen LogP contribution in [0.5, 0.6) is 0 Å². The first-order valence-electron chi connectivity index (χ1n) is 7.48. The molecule has 0 bridgehead atoms. The van der Waals surface area contributed by atoms with Crippen LogP contribution in [0.25, 0.3) is 0 Å². The molecule has 3 rings (SSSR count). The first-order valence-corrected chi connectivity index (χ1v) is 8.56. The molecule has 0 radical (unpaired) electrons. The fraction of sp³-hybridized carbons (Fsp3) is 0. The smallest absolute Gasteiger partial charge is 0.269 e. The summed E-state index contributed by atoms with van der Waals surface area (Å²) >= 11 is 2.21. The maximum absolute atomic E-state index is 12.9. The zero-order valence-corrected chi connectivity index (χ0v) is 15.5. The van der Waals surface area contributed by atoms with Gasteiger partial charge in [0.2, 0.25) is 0 Å². The Morgan fingerprint density at radius 3 is 2.35 bits per heavy atom. The number of aromatic nitrogens is 2. The molecule has 1 amide bonds. The van der Waals surface area contributed by atoms with Crippen LogP contribution in [0.3, 0.4) is 0 Å². The number of halogens is 2. The molecule has 132 valence electrons. The Bertz CT molecular complexity index is 918. The summed E-state index contributed by atoms with van der Waals surface area (Å²) in [7, 11) is 0. The Morgan fingerprint density at radius 2 is 1.65 bits per heavy atom. The standard InChI is InChI=1S/C17H14FIN6O/c18-11-3-1-10(2-4-11)17(26)25-24-16-14(20)15(21-9-22-16)23-13-7-5-12(19)6-8-13/h1-9H,20H2,(H,25,26)(H2,21,22,23,24). The highest BCUT2D eigenvalue weighted by molar-refractivity contribution is 14.1. The normalized spacial score (nSPS) is 10.2. The van der Waals surface area contributed by atoms with Gasteiger partial charge in [-0.15, -0.1) is 0 Å². The van der Waals surface area contributed by atoms with Crippen molar-refractivity contribution in [2.75, 3.05) is 16.5 Å². The van der Waals surface area contributed by atoms with Gasteiger partial charge >= 0.3 is 0 Å². The van der Waals surface area contributed by atoms with Gasteiger partial charge in [-0.3, -0.25) is 15.6 Å². The third-order valence-electron chi connectivity index (χ3n) is 3.39. The van der Waals surface area contributed by atoms with E-state index in [4.69, 9.17) is 5.73 Å². The summed E-state index contributed by atoms with van der Waals surface area (Å²) in [5.74, 6) is -0.223. The first kappa shape index (κ1) is 17.9. The molecule has 0 aliphatic carbocycles. The summed E-state index contributed by atoms with van der Waals surface area (Å²) < 4.78 is 14.0. The molecule has 0 spiro atoms. The van der Waals surface area contributed by atoms with E-state index in [1.165, 1.54) is 30.6 Å². The van der Waals surface area contributed by atoms with Gasteiger partial charge in [0.05, 0.1) is 0 Å². The number of nitrogen functional groups attached to an aromatic ring is 1. The highest BCUT2D eigenvalue weighted by atomic mass is 127. The summed E-state index contributed by atoms with van der Waals surface area (Å²) in [6.07, 6.45) is 1.32. The van der Waals surface area contributed by atoms with Crippen molar-refractivity contribution in [3.63, 3.8) is 0 Å². The zero-order valence-electron chi connectivity index (χ0n) is 13.3. The minimum atomic E-state index is -0.449. The van der Waals surface area contributed by atoms with Crippen molar-refractivity contribution in [3.05, 3.63) is 69.8 Å². The monoisotopic (exact) mass is 464 g/mol. The van der Waals surface area contributed by atoms with Gasteiger partial charge in [0.15, 0.2) is 11.6 Å². The number of hydrazine groups is 1. The van der Waals surface area contributed by atoms with Gasteiger partial charge in [0.25, 0.3) is 5.91 Å². The molecule has 0 saturated carbocycles. The van der Waals surface area contributed by atoms with E-state index in [-0.39, 0.29) is 11.5 Å². The zero-order chi connectivity index (χ0) is 18.5. The molecule has 1 aromatic heterocycles. The number of anilines is 4. The fourth-order valence-corrected chi connectivity index (χ4v) is 2.41. The highest BCUT2D eigenvalue weighted by Gasteiger charge is 2.10. The predicted octanol–water partition coefficient (Wildman–Crippen LogP) is 3.30. The molecule has 7 nitrogen and oxygen atoms in total. The first-order chi connectivity index (χ1) is 12.5. The van der Waals surface area contributed by atoms with Gasteiger partial charge in [-0.1, -0.05) is 0 Å². The average molecular weight is 464 g/mol. The van der Waals surface area contributed by atoms with E-state index >= 15 is 0 Å². The van der Waals surface area contributed by atoms with Gasteiger partial charge in [0.1, 0.15) is 17.8 Å². The second-order valence-corrected chi connectivity index (χ2v) is 6.45. The number of rotatable bonds is 5. The highest BCUT2D eigenvalue weighted by Crippen LogP contribution is 2.25. The van der Waals surface area contributed by atoms with Gasteiger partial charge in [-0.05, 0) is 71.1 Å². The molecule has 9 heteroatoms. The minimum Gasteiger partial charge on any atom is -0.393 e. The lowest BCUT2D eigenvalue weighted by molar-refractivity contribution is 0.0962. The van der Waals surface area contributed by atoms with Gasteiger partial charge in [0, 0.05) is 14.8 Å². The van der Waals surface area contributed by atoms with Crippen LogP contribution in [-0.4, -0.2) is 15.9 Å². The van der Waals surface area contributed by atoms with E-state index in [2.05, 4.69) is 48.7 Å². The van der Waals surface area contributed by atoms with Crippen molar-refractivity contribution in [1.29, 1.82) is 0 Å². The lowest BCUT2D eigenvalue weighted by Crippen LogP contribution is -2.30.